The monoisotopic (exact) mass is 289 g/mol. The van der Waals surface area contributed by atoms with Crippen molar-refractivity contribution in [2.75, 3.05) is 39.4 Å². The third kappa shape index (κ3) is 3.44. The van der Waals surface area contributed by atoms with Crippen molar-refractivity contribution >= 4 is 0 Å². The van der Waals surface area contributed by atoms with Gasteiger partial charge in [0.25, 0.3) is 0 Å². The summed E-state index contributed by atoms with van der Waals surface area (Å²) in [5, 5.41) is 0. The molecule has 2 saturated heterocycles. The van der Waals surface area contributed by atoms with Crippen LogP contribution in [-0.2, 0) is 4.74 Å². The average molecular weight is 289 g/mol. The Labute approximate surface area is 128 Å². The Kier molecular flexibility index (Phi) is 4.57. The third-order valence-electron chi connectivity index (χ3n) is 4.85. The fourth-order valence-corrected chi connectivity index (χ4v) is 3.69. The lowest BCUT2D eigenvalue weighted by atomic mass is 10.00. The molecule has 4 heteroatoms. The largest absolute Gasteiger partial charge is 0.379 e. The Morgan fingerprint density at radius 2 is 2.05 bits per heavy atom. The van der Waals surface area contributed by atoms with Crippen molar-refractivity contribution in [1.82, 2.24) is 14.8 Å². The van der Waals surface area contributed by atoms with Gasteiger partial charge in [0.2, 0.25) is 0 Å². The highest BCUT2D eigenvalue weighted by molar-refractivity contribution is 5.11. The molecule has 21 heavy (non-hydrogen) atoms. The molecule has 0 radical (unpaired) electrons. The minimum atomic E-state index is 0.196. The van der Waals surface area contributed by atoms with Crippen LogP contribution < -0.4 is 0 Å². The van der Waals surface area contributed by atoms with Crippen LogP contribution in [0.3, 0.4) is 0 Å². The lowest BCUT2D eigenvalue weighted by Crippen LogP contribution is -2.55. The Morgan fingerprint density at radius 3 is 2.76 bits per heavy atom. The van der Waals surface area contributed by atoms with E-state index in [0.29, 0.717) is 6.04 Å². The Hall–Kier alpha value is -0.970. The summed E-state index contributed by atoms with van der Waals surface area (Å²) in [5.41, 5.74) is 1.43. The fraction of sp³-hybridized carbons (Fsp3) is 0.706. The molecular formula is C17H27N3O. The smallest absolute Gasteiger partial charge is 0.0594 e. The van der Waals surface area contributed by atoms with Gasteiger partial charge in [-0.1, -0.05) is 6.07 Å². The van der Waals surface area contributed by atoms with Gasteiger partial charge in [-0.3, -0.25) is 14.8 Å². The van der Waals surface area contributed by atoms with Gasteiger partial charge < -0.3 is 4.74 Å². The summed E-state index contributed by atoms with van der Waals surface area (Å²) in [7, 11) is 0. The number of ether oxygens (including phenoxy) is 1. The molecule has 0 saturated carbocycles. The van der Waals surface area contributed by atoms with E-state index in [1.807, 2.05) is 12.3 Å². The van der Waals surface area contributed by atoms with Gasteiger partial charge in [0.1, 0.15) is 0 Å². The van der Waals surface area contributed by atoms with Gasteiger partial charge in [0.05, 0.1) is 24.9 Å². The Bertz CT molecular complexity index is 443. The molecule has 3 heterocycles. The zero-order valence-electron chi connectivity index (χ0n) is 13.3. The van der Waals surface area contributed by atoms with Crippen molar-refractivity contribution < 1.29 is 4.74 Å². The summed E-state index contributed by atoms with van der Waals surface area (Å²) >= 11 is 0. The molecule has 2 fully saturated rings. The first-order valence-electron chi connectivity index (χ1n) is 8.15. The zero-order chi connectivity index (χ0) is 14.7. The van der Waals surface area contributed by atoms with Crippen LogP contribution in [0.2, 0.25) is 0 Å². The molecule has 0 bridgehead atoms. The van der Waals surface area contributed by atoms with Gasteiger partial charge >= 0.3 is 0 Å². The lowest BCUT2D eigenvalue weighted by Gasteiger charge is -2.44. The number of hydrogen-bond acceptors (Lipinski definition) is 4. The van der Waals surface area contributed by atoms with Gasteiger partial charge in [-0.2, -0.15) is 0 Å². The first kappa shape index (κ1) is 14.9. The highest BCUT2D eigenvalue weighted by Crippen LogP contribution is 2.33. The van der Waals surface area contributed by atoms with Crippen LogP contribution in [0.1, 0.15) is 38.4 Å². The highest BCUT2D eigenvalue weighted by atomic mass is 16.5. The summed E-state index contributed by atoms with van der Waals surface area (Å²) in [6, 6.07) is 6.77. The molecule has 0 amide bonds. The van der Waals surface area contributed by atoms with E-state index in [-0.39, 0.29) is 5.54 Å². The second-order valence-corrected chi connectivity index (χ2v) is 6.79. The molecule has 1 unspecified atom stereocenters. The molecule has 1 aromatic rings. The van der Waals surface area contributed by atoms with Crippen molar-refractivity contribution in [1.29, 1.82) is 0 Å². The third-order valence-corrected chi connectivity index (χ3v) is 4.85. The van der Waals surface area contributed by atoms with E-state index in [1.54, 1.807) is 0 Å². The van der Waals surface area contributed by atoms with E-state index >= 15 is 0 Å². The van der Waals surface area contributed by atoms with Crippen molar-refractivity contribution in [2.24, 2.45) is 0 Å². The van der Waals surface area contributed by atoms with Gasteiger partial charge in [0, 0.05) is 31.4 Å². The molecule has 0 N–H and O–H groups in total. The summed E-state index contributed by atoms with van der Waals surface area (Å²) in [6.07, 6.45) is 4.43. The van der Waals surface area contributed by atoms with Crippen LogP contribution in [-0.4, -0.2) is 59.7 Å². The summed E-state index contributed by atoms with van der Waals surface area (Å²) in [4.78, 5) is 9.77. The van der Waals surface area contributed by atoms with Gasteiger partial charge in [-0.15, -0.1) is 0 Å². The quantitative estimate of drug-likeness (QED) is 0.850. The summed E-state index contributed by atoms with van der Waals surface area (Å²) in [5.74, 6) is 0. The van der Waals surface area contributed by atoms with Crippen LogP contribution in [0.5, 0.6) is 0 Å². The van der Waals surface area contributed by atoms with Gasteiger partial charge in [-0.05, 0) is 45.4 Å². The molecule has 1 aromatic heterocycles. The maximum Gasteiger partial charge on any atom is 0.0594 e. The topological polar surface area (TPSA) is 28.6 Å². The van der Waals surface area contributed by atoms with Crippen molar-refractivity contribution in [3.8, 4) is 0 Å². The normalized spacial score (nSPS) is 25.3. The lowest BCUT2D eigenvalue weighted by molar-refractivity contribution is -0.0232. The van der Waals surface area contributed by atoms with Crippen molar-refractivity contribution in [3.05, 3.63) is 30.1 Å². The molecule has 116 valence electrons. The SMILES string of the molecule is CC(C)(CN1CCCC1c1ccccn1)N1CCOCC1. The number of nitrogens with zero attached hydrogens (tertiary/aromatic N) is 3. The van der Waals surface area contributed by atoms with E-state index < -0.39 is 0 Å². The number of hydrogen-bond donors (Lipinski definition) is 0. The number of likely N-dealkylation sites (tertiary alicyclic amines) is 1. The Morgan fingerprint density at radius 1 is 1.24 bits per heavy atom. The van der Waals surface area contributed by atoms with Crippen LogP contribution in [0, 0.1) is 0 Å². The summed E-state index contributed by atoms with van der Waals surface area (Å²) in [6.45, 7) is 10.9. The highest BCUT2D eigenvalue weighted by Gasteiger charge is 2.35. The fourth-order valence-electron chi connectivity index (χ4n) is 3.69. The molecule has 4 nitrogen and oxygen atoms in total. The molecule has 3 rings (SSSR count). The second kappa shape index (κ2) is 6.42. The first-order chi connectivity index (χ1) is 10.2. The molecule has 0 aliphatic carbocycles. The minimum Gasteiger partial charge on any atom is -0.379 e. The molecule has 2 aliphatic rings. The Balaban J connectivity index is 1.68. The van der Waals surface area contributed by atoms with E-state index in [1.165, 1.54) is 25.1 Å². The maximum absolute atomic E-state index is 5.49. The summed E-state index contributed by atoms with van der Waals surface area (Å²) < 4.78 is 5.49. The van der Waals surface area contributed by atoms with E-state index in [0.717, 1.165) is 32.8 Å². The van der Waals surface area contributed by atoms with Gasteiger partial charge in [0.15, 0.2) is 0 Å². The van der Waals surface area contributed by atoms with Crippen molar-refractivity contribution in [2.45, 2.75) is 38.3 Å². The van der Waals surface area contributed by atoms with Crippen LogP contribution in [0.25, 0.3) is 0 Å². The van der Waals surface area contributed by atoms with Crippen LogP contribution in [0.15, 0.2) is 24.4 Å². The van der Waals surface area contributed by atoms with E-state index in [4.69, 9.17) is 4.74 Å². The van der Waals surface area contributed by atoms with Crippen LogP contribution in [0.4, 0.5) is 0 Å². The number of morpholine rings is 1. The molecule has 1 atom stereocenters. The molecular weight excluding hydrogens is 262 g/mol. The predicted molar refractivity (Wildman–Crippen MR) is 84.3 cm³/mol. The standard InChI is InChI=1S/C17H27N3O/c1-17(2,20-10-12-21-13-11-20)14-19-9-5-7-16(19)15-6-3-4-8-18-15/h3-4,6,8,16H,5,7,9-14H2,1-2H3. The van der Waals surface area contributed by atoms with Crippen LogP contribution >= 0.6 is 0 Å². The van der Waals surface area contributed by atoms with E-state index in [2.05, 4.69) is 40.8 Å². The van der Waals surface area contributed by atoms with Gasteiger partial charge in [-0.25, -0.2) is 0 Å². The second-order valence-electron chi connectivity index (χ2n) is 6.79. The molecule has 0 aromatic carbocycles. The minimum absolute atomic E-state index is 0.196. The molecule has 0 spiro atoms. The number of pyridine rings is 1. The first-order valence-corrected chi connectivity index (χ1v) is 8.15. The average Bonchev–Trinajstić information content (AvgIpc) is 2.96. The predicted octanol–water partition coefficient (Wildman–Crippen LogP) is 2.33. The maximum atomic E-state index is 5.49. The van der Waals surface area contributed by atoms with E-state index in [9.17, 15) is 0 Å². The number of aromatic nitrogens is 1. The number of rotatable bonds is 4. The zero-order valence-corrected chi connectivity index (χ0v) is 13.3. The molecule has 2 aliphatic heterocycles. The van der Waals surface area contributed by atoms with Crippen molar-refractivity contribution in [3.63, 3.8) is 0 Å².